The number of hydrogen-bond donors (Lipinski definition) is 0. The first kappa shape index (κ1) is 37.8. The third-order valence-electron chi connectivity index (χ3n) is 8.48. The van der Waals surface area contributed by atoms with Gasteiger partial charge in [0.05, 0.1) is 6.61 Å². The van der Waals surface area contributed by atoms with Crippen molar-refractivity contribution in [2.24, 2.45) is 0 Å². The molecule has 1 amide bonds. The molecular weight excluding hydrogens is 655 g/mol. The maximum Gasteiger partial charge on any atom is 0.254 e. The quantitative estimate of drug-likeness (QED) is 0.0639. The Morgan fingerprint density at radius 1 is 0.705 bits per heavy atom. The molecule has 0 radical (unpaired) electrons. The standard InChI is InChI=1S/C39H57N2O2.HI/c1-4-6-7-8-9-10-11-12-13-14-15-16-17-23-30-43-38-28-27-36(34(3)31-38)32-41(39(42)35-24-19-18-20-25-35)33-37-26-21-22-29-40(37)5-2;/h18-22,24-29,31H,4-17,23,30,32-33H2,1-3H3;1H/q+1;/p-1. The van der Waals surface area contributed by atoms with Gasteiger partial charge < -0.3 is 33.6 Å². The summed E-state index contributed by atoms with van der Waals surface area (Å²) in [6.07, 6.45) is 21.2. The van der Waals surface area contributed by atoms with Crippen molar-refractivity contribution in [1.82, 2.24) is 4.90 Å². The van der Waals surface area contributed by atoms with E-state index in [1.165, 1.54) is 83.5 Å². The maximum absolute atomic E-state index is 13.6. The van der Waals surface area contributed by atoms with Gasteiger partial charge >= 0.3 is 0 Å². The molecule has 5 heteroatoms. The van der Waals surface area contributed by atoms with Gasteiger partial charge in [-0.15, -0.1) is 0 Å². The van der Waals surface area contributed by atoms with Crippen LogP contribution in [-0.2, 0) is 19.6 Å². The molecule has 0 saturated heterocycles. The second-order valence-electron chi connectivity index (χ2n) is 12.0. The van der Waals surface area contributed by atoms with Crippen LogP contribution in [0.15, 0.2) is 72.9 Å². The Balaban J connectivity index is 0.00000675. The Hall–Kier alpha value is -2.41. The zero-order valence-corrected chi connectivity index (χ0v) is 29.9. The number of aromatic nitrogens is 1. The monoisotopic (exact) mass is 712 g/mol. The van der Waals surface area contributed by atoms with Crippen molar-refractivity contribution >= 4 is 5.91 Å². The number of ether oxygens (including phenoxy) is 1. The lowest BCUT2D eigenvalue weighted by atomic mass is 10.0. The van der Waals surface area contributed by atoms with E-state index >= 15 is 0 Å². The second kappa shape index (κ2) is 23.0. The lowest BCUT2D eigenvalue weighted by Gasteiger charge is -2.23. The smallest absolute Gasteiger partial charge is 0.254 e. The summed E-state index contributed by atoms with van der Waals surface area (Å²) in [5.41, 5.74) is 4.14. The first-order valence-corrected chi connectivity index (χ1v) is 17.2. The topological polar surface area (TPSA) is 33.4 Å². The first-order chi connectivity index (χ1) is 21.1. The SMILES string of the molecule is CCCCCCCCCCCCCCCCOc1ccc(CN(Cc2cccc[n+]2CC)C(=O)c2ccccc2)c(C)c1.[I-]. The molecule has 0 N–H and O–H groups in total. The van der Waals surface area contributed by atoms with E-state index in [9.17, 15) is 4.79 Å². The highest BCUT2D eigenvalue weighted by molar-refractivity contribution is 5.94. The van der Waals surface area contributed by atoms with Crippen molar-refractivity contribution in [3.05, 3.63) is 95.3 Å². The van der Waals surface area contributed by atoms with Gasteiger partial charge in [0.25, 0.3) is 5.91 Å². The Bertz CT molecular complexity index is 1180. The van der Waals surface area contributed by atoms with Crippen LogP contribution in [0.4, 0.5) is 0 Å². The normalized spacial score (nSPS) is 10.8. The highest BCUT2D eigenvalue weighted by atomic mass is 127. The van der Waals surface area contributed by atoms with Gasteiger partial charge in [0.2, 0.25) is 5.69 Å². The van der Waals surface area contributed by atoms with Gasteiger partial charge in [0, 0.05) is 24.2 Å². The van der Waals surface area contributed by atoms with Crippen LogP contribution in [0.1, 0.15) is 131 Å². The number of rotatable bonds is 22. The largest absolute Gasteiger partial charge is 1.00 e. The average Bonchev–Trinajstić information content (AvgIpc) is 3.04. The molecule has 0 aliphatic carbocycles. The minimum atomic E-state index is 0. The van der Waals surface area contributed by atoms with Crippen molar-refractivity contribution in [3.63, 3.8) is 0 Å². The number of halogens is 1. The van der Waals surface area contributed by atoms with Crippen molar-refractivity contribution < 1.29 is 38.1 Å². The third-order valence-corrected chi connectivity index (χ3v) is 8.48. The zero-order valence-electron chi connectivity index (χ0n) is 27.7. The molecule has 1 heterocycles. The number of nitrogens with zero attached hydrogens (tertiary/aromatic N) is 2. The molecule has 242 valence electrons. The Labute approximate surface area is 285 Å². The predicted molar refractivity (Wildman–Crippen MR) is 179 cm³/mol. The molecule has 3 aromatic rings. The van der Waals surface area contributed by atoms with Crippen LogP contribution in [0.5, 0.6) is 5.75 Å². The van der Waals surface area contributed by atoms with E-state index in [1.807, 2.05) is 47.4 Å². The number of carbonyl (C=O) groups excluding carboxylic acids is 1. The van der Waals surface area contributed by atoms with Gasteiger partial charge in [-0.2, -0.15) is 0 Å². The van der Waals surface area contributed by atoms with E-state index in [-0.39, 0.29) is 29.9 Å². The molecule has 0 aliphatic heterocycles. The van der Waals surface area contributed by atoms with E-state index in [0.717, 1.165) is 42.1 Å². The van der Waals surface area contributed by atoms with Gasteiger partial charge in [-0.05, 0) is 55.7 Å². The summed E-state index contributed by atoms with van der Waals surface area (Å²) in [7, 11) is 0. The summed E-state index contributed by atoms with van der Waals surface area (Å²) in [4.78, 5) is 15.5. The summed E-state index contributed by atoms with van der Waals surface area (Å²) in [5.74, 6) is 0.966. The lowest BCUT2D eigenvalue weighted by molar-refractivity contribution is -0.701. The van der Waals surface area contributed by atoms with Gasteiger partial charge in [-0.3, -0.25) is 4.79 Å². The molecule has 0 unspecified atom stereocenters. The average molecular weight is 713 g/mol. The number of unbranched alkanes of at least 4 members (excludes halogenated alkanes) is 13. The van der Waals surface area contributed by atoms with Crippen LogP contribution < -0.4 is 33.3 Å². The Kier molecular flexibility index (Phi) is 19.7. The Morgan fingerprint density at radius 2 is 1.30 bits per heavy atom. The van der Waals surface area contributed by atoms with E-state index in [0.29, 0.717) is 18.7 Å². The van der Waals surface area contributed by atoms with Crippen LogP contribution in [-0.4, -0.2) is 17.4 Å². The highest BCUT2D eigenvalue weighted by Gasteiger charge is 2.21. The minimum Gasteiger partial charge on any atom is -1.00 e. The fraction of sp³-hybridized carbons (Fsp3) is 0.538. The first-order valence-electron chi connectivity index (χ1n) is 17.2. The maximum atomic E-state index is 13.6. The van der Waals surface area contributed by atoms with E-state index < -0.39 is 0 Å². The second-order valence-corrected chi connectivity index (χ2v) is 12.0. The zero-order chi connectivity index (χ0) is 30.5. The summed E-state index contributed by atoms with van der Waals surface area (Å²) in [6, 6.07) is 22.1. The van der Waals surface area contributed by atoms with Crippen LogP contribution >= 0.6 is 0 Å². The molecule has 0 saturated carbocycles. The molecule has 4 nitrogen and oxygen atoms in total. The fourth-order valence-corrected chi connectivity index (χ4v) is 5.75. The highest BCUT2D eigenvalue weighted by Crippen LogP contribution is 2.21. The molecule has 2 aromatic carbocycles. The van der Waals surface area contributed by atoms with Crippen molar-refractivity contribution in [2.45, 2.75) is 130 Å². The van der Waals surface area contributed by atoms with Crippen molar-refractivity contribution in [3.8, 4) is 5.75 Å². The van der Waals surface area contributed by atoms with Crippen molar-refractivity contribution in [1.29, 1.82) is 0 Å². The van der Waals surface area contributed by atoms with Crippen LogP contribution in [0, 0.1) is 6.92 Å². The van der Waals surface area contributed by atoms with Gasteiger partial charge in [-0.25, -0.2) is 4.57 Å². The summed E-state index contributed by atoms with van der Waals surface area (Å²) < 4.78 is 8.31. The summed E-state index contributed by atoms with van der Waals surface area (Å²) in [5, 5.41) is 0. The minimum absolute atomic E-state index is 0. The molecule has 0 aliphatic rings. The fourth-order valence-electron chi connectivity index (χ4n) is 5.75. The Morgan fingerprint density at radius 3 is 1.89 bits per heavy atom. The van der Waals surface area contributed by atoms with Crippen molar-refractivity contribution in [2.75, 3.05) is 6.61 Å². The van der Waals surface area contributed by atoms with Gasteiger partial charge in [0.15, 0.2) is 6.20 Å². The van der Waals surface area contributed by atoms with Crippen LogP contribution in [0.2, 0.25) is 0 Å². The van der Waals surface area contributed by atoms with E-state index in [1.54, 1.807) is 0 Å². The number of hydrogen-bond acceptors (Lipinski definition) is 2. The number of benzene rings is 2. The molecule has 1 aromatic heterocycles. The lowest BCUT2D eigenvalue weighted by Crippen LogP contribution is -3.00. The number of amides is 1. The summed E-state index contributed by atoms with van der Waals surface area (Å²) >= 11 is 0. The van der Waals surface area contributed by atoms with Gasteiger partial charge in [-0.1, -0.05) is 121 Å². The number of carbonyl (C=O) groups is 1. The summed E-state index contributed by atoms with van der Waals surface area (Å²) in [6.45, 7) is 9.28. The number of aryl methyl sites for hydroxylation is 2. The third kappa shape index (κ3) is 14.1. The molecule has 0 atom stereocenters. The molecule has 0 spiro atoms. The molecule has 0 bridgehead atoms. The molecule has 44 heavy (non-hydrogen) atoms. The molecular formula is C39H57IN2O2. The van der Waals surface area contributed by atoms with Crippen LogP contribution in [0.25, 0.3) is 0 Å². The van der Waals surface area contributed by atoms with Gasteiger partial charge in [0.1, 0.15) is 18.8 Å². The van der Waals surface area contributed by atoms with Crippen LogP contribution in [0.3, 0.4) is 0 Å². The molecule has 0 fully saturated rings. The van der Waals surface area contributed by atoms with E-state index in [2.05, 4.69) is 55.8 Å². The van der Waals surface area contributed by atoms with E-state index in [4.69, 9.17) is 4.74 Å². The molecule has 3 rings (SSSR count). The number of pyridine rings is 1. The predicted octanol–water partition coefficient (Wildman–Crippen LogP) is 7.01.